The van der Waals surface area contributed by atoms with Gasteiger partial charge in [0, 0.05) is 69.9 Å². The SMILES string of the molecule is CC(=O)COC(C)=O.CS(=O)(=O)Cl.Cc1ccc(-c2noc(CO)n2)cc1NC(=O)c1cnc2ccccn12.Cc1ccc(-c2noc(CO)n2)cc1NC(=O)c1cnc2ccccn12.Cc1ccc(/C(N)=N/O)cc1NC(=O)c1cnc2ccccn12. The molecule has 0 saturated heterocycles. The summed E-state index contributed by atoms with van der Waals surface area (Å²) >= 11 is 0. The number of Topliss-reactive ketones (excluding diaryl/α,β-unsaturated/α-hetero) is 1. The van der Waals surface area contributed by atoms with E-state index < -0.39 is 15.0 Å². The number of amides is 3. The molecule has 30 heteroatoms. The van der Waals surface area contributed by atoms with Gasteiger partial charge in [-0.25, -0.2) is 23.4 Å². The Kier molecular flexibility index (Phi) is 21.8. The highest BCUT2D eigenvalue weighted by molar-refractivity contribution is 8.13. The predicted octanol–water partition coefficient (Wildman–Crippen LogP) is 7.19. The summed E-state index contributed by atoms with van der Waals surface area (Å²) in [5, 5.41) is 46.1. The quantitative estimate of drug-likeness (QED) is 0.0150. The molecule has 11 aromatic rings. The Balaban J connectivity index is 0.000000171. The number of pyridine rings is 3. The van der Waals surface area contributed by atoms with Gasteiger partial charge >= 0.3 is 5.97 Å². The molecule has 11 rings (SSSR count). The average Bonchev–Trinajstić information content (AvgIpc) is 4.50. The number of ether oxygens (including phenoxy) is 1. The second-order valence-corrected chi connectivity index (χ2v) is 21.7. The van der Waals surface area contributed by atoms with Crippen LogP contribution < -0.4 is 21.7 Å². The number of hydrogen-bond acceptors (Lipinski definition) is 21. The monoisotopic (exact) mass is 1240 g/mol. The zero-order valence-electron chi connectivity index (χ0n) is 47.7. The third-order valence-corrected chi connectivity index (χ3v) is 12.0. The number of ketones is 1. The van der Waals surface area contributed by atoms with Gasteiger partial charge in [-0.1, -0.05) is 70.1 Å². The molecule has 3 amide bonds. The minimum absolute atomic E-state index is 0.0182. The maximum Gasteiger partial charge on any atom is 0.303 e. The number of aromatic nitrogens is 10. The summed E-state index contributed by atoms with van der Waals surface area (Å²) in [6.45, 7) is 7.53. The second-order valence-electron chi connectivity index (χ2n) is 18.7. The summed E-state index contributed by atoms with van der Waals surface area (Å²) in [5.74, 6) is -0.437. The first-order valence-corrected chi connectivity index (χ1v) is 28.7. The number of benzene rings is 3. The number of anilines is 3. The number of aliphatic hydroxyl groups excluding tert-OH is 2. The lowest BCUT2D eigenvalue weighted by molar-refractivity contribution is -0.145. The number of nitrogens with two attached hydrogens (primary N) is 1. The van der Waals surface area contributed by atoms with Gasteiger partial charge in [0.15, 0.2) is 11.6 Å². The fourth-order valence-electron chi connectivity index (χ4n) is 7.70. The number of oxime groups is 1. The van der Waals surface area contributed by atoms with Crippen LogP contribution in [-0.4, -0.2) is 120 Å². The Morgan fingerprint density at radius 3 is 1.28 bits per heavy atom. The summed E-state index contributed by atoms with van der Waals surface area (Å²) < 4.78 is 38.1. The van der Waals surface area contributed by atoms with Crippen molar-refractivity contribution in [1.29, 1.82) is 0 Å². The van der Waals surface area contributed by atoms with Crippen LogP contribution in [0.1, 0.15) is 79.3 Å². The van der Waals surface area contributed by atoms with Crippen molar-refractivity contribution in [2.75, 3.05) is 28.8 Å². The third-order valence-electron chi connectivity index (χ3n) is 12.0. The number of imidazole rings is 3. The molecule has 8 N–H and O–H groups in total. The molecule has 0 atom stereocenters. The molecule has 0 saturated carbocycles. The van der Waals surface area contributed by atoms with Gasteiger partial charge in [0.05, 0.1) is 24.8 Å². The first kappa shape index (κ1) is 64.5. The summed E-state index contributed by atoms with van der Waals surface area (Å²) in [4.78, 5) is 78.7. The minimum Gasteiger partial charge on any atom is -0.458 e. The van der Waals surface area contributed by atoms with Gasteiger partial charge < -0.3 is 50.9 Å². The molecule has 0 bridgehead atoms. The van der Waals surface area contributed by atoms with Crippen LogP contribution in [-0.2, 0) is 36.6 Å². The molecule has 8 heterocycles. The van der Waals surface area contributed by atoms with E-state index in [4.69, 9.17) is 30.2 Å². The molecular weight excluding hydrogens is 1180 g/mol. The Bertz CT molecular complexity index is 4260. The smallest absolute Gasteiger partial charge is 0.303 e. The van der Waals surface area contributed by atoms with Crippen molar-refractivity contribution in [1.82, 2.24) is 48.4 Å². The van der Waals surface area contributed by atoms with Crippen molar-refractivity contribution in [2.24, 2.45) is 10.9 Å². The Morgan fingerprint density at radius 2 is 0.966 bits per heavy atom. The van der Waals surface area contributed by atoms with Gasteiger partial charge in [-0.3, -0.25) is 37.2 Å². The second kappa shape index (κ2) is 29.7. The van der Waals surface area contributed by atoms with Gasteiger partial charge in [0.1, 0.15) is 53.8 Å². The van der Waals surface area contributed by atoms with Crippen molar-refractivity contribution in [2.45, 2.75) is 47.8 Å². The topological polar surface area (TPSA) is 394 Å². The number of aryl methyl sites for hydroxylation is 3. The van der Waals surface area contributed by atoms with E-state index in [1.807, 2.05) is 99.6 Å². The zero-order valence-corrected chi connectivity index (χ0v) is 49.3. The normalized spacial score (nSPS) is 10.9. The van der Waals surface area contributed by atoms with Crippen LogP contribution in [0.5, 0.6) is 0 Å². The lowest BCUT2D eigenvalue weighted by Gasteiger charge is -2.10. The maximum absolute atomic E-state index is 12.7. The molecule has 454 valence electrons. The molecule has 0 radical (unpaired) electrons. The highest BCUT2D eigenvalue weighted by atomic mass is 35.7. The van der Waals surface area contributed by atoms with Gasteiger partial charge in [-0.05, 0) is 99.0 Å². The molecule has 0 aliphatic heterocycles. The molecular formula is C58H56ClN15O13S. The summed E-state index contributed by atoms with van der Waals surface area (Å²) in [6, 6.07) is 32.6. The lowest BCUT2D eigenvalue weighted by atomic mass is 10.1. The van der Waals surface area contributed by atoms with E-state index in [0.29, 0.717) is 79.4 Å². The maximum atomic E-state index is 12.7. The van der Waals surface area contributed by atoms with E-state index in [-0.39, 0.29) is 60.9 Å². The number of hydrogen-bond donors (Lipinski definition) is 7. The van der Waals surface area contributed by atoms with Crippen LogP contribution in [0, 0.1) is 20.8 Å². The summed E-state index contributed by atoms with van der Waals surface area (Å²) in [6.07, 6.45) is 10.9. The van der Waals surface area contributed by atoms with Crippen LogP contribution in [0.4, 0.5) is 17.1 Å². The van der Waals surface area contributed by atoms with E-state index in [1.54, 1.807) is 62.1 Å². The molecule has 88 heavy (non-hydrogen) atoms. The highest BCUT2D eigenvalue weighted by Crippen LogP contribution is 2.27. The molecule has 3 aromatic carbocycles. The van der Waals surface area contributed by atoms with Crippen molar-refractivity contribution in [3.8, 4) is 22.8 Å². The average molecular weight is 1240 g/mol. The Hall–Kier alpha value is -11.0. The molecule has 0 aliphatic rings. The number of aliphatic hydroxyl groups is 2. The molecule has 0 aliphatic carbocycles. The summed E-state index contributed by atoms with van der Waals surface area (Å²) in [7, 11) is 1.31. The van der Waals surface area contributed by atoms with Crippen LogP contribution in [0.15, 0.2) is 161 Å². The van der Waals surface area contributed by atoms with E-state index in [2.05, 4.69) is 71.8 Å². The Morgan fingerprint density at radius 1 is 0.602 bits per heavy atom. The number of carbonyl (C=O) groups excluding carboxylic acids is 5. The van der Waals surface area contributed by atoms with Gasteiger partial charge in [-0.2, -0.15) is 9.97 Å². The molecule has 0 fully saturated rings. The van der Waals surface area contributed by atoms with Crippen molar-refractivity contribution in [3.63, 3.8) is 0 Å². The molecule has 0 unspecified atom stereocenters. The van der Waals surface area contributed by atoms with E-state index in [0.717, 1.165) is 22.9 Å². The molecule has 0 spiro atoms. The number of esters is 1. The van der Waals surface area contributed by atoms with Crippen molar-refractivity contribution < 1.29 is 61.6 Å². The first-order valence-electron chi connectivity index (χ1n) is 25.9. The number of nitrogens with zero attached hydrogens (tertiary/aromatic N) is 11. The van der Waals surface area contributed by atoms with Crippen LogP contribution in [0.25, 0.3) is 39.7 Å². The van der Waals surface area contributed by atoms with E-state index in [1.165, 1.54) is 32.4 Å². The van der Waals surface area contributed by atoms with Crippen LogP contribution >= 0.6 is 10.7 Å². The van der Waals surface area contributed by atoms with Crippen LogP contribution in [0.2, 0.25) is 0 Å². The molecule has 28 nitrogen and oxygen atoms in total. The number of nitrogens with one attached hydrogen (secondary N) is 3. The Labute approximate surface area is 504 Å². The van der Waals surface area contributed by atoms with Crippen molar-refractivity contribution >= 4 is 89.0 Å². The highest BCUT2D eigenvalue weighted by Gasteiger charge is 2.18. The first-order chi connectivity index (χ1) is 42.0. The number of fused-ring (bicyclic) bond motifs is 3. The fourth-order valence-corrected chi connectivity index (χ4v) is 7.70. The van der Waals surface area contributed by atoms with Gasteiger partial charge in [0.25, 0.3) is 29.5 Å². The summed E-state index contributed by atoms with van der Waals surface area (Å²) in [5.41, 5.74) is 15.3. The fraction of sp³-hybridized carbons (Fsp3) is 0.155. The number of halogens is 1. The van der Waals surface area contributed by atoms with E-state index >= 15 is 0 Å². The zero-order chi connectivity index (χ0) is 63.7. The number of rotatable bonds is 13. The van der Waals surface area contributed by atoms with Gasteiger partial charge in [-0.15, -0.1) is 0 Å². The molecule has 8 aromatic heterocycles. The van der Waals surface area contributed by atoms with Gasteiger partial charge in [0.2, 0.25) is 20.7 Å². The van der Waals surface area contributed by atoms with Crippen molar-refractivity contribution in [3.05, 3.63) is 197 Å². The number of amidine groups is 1. The van der Waals surface area contributed by atoms with E-state index in [9.17, 15) is 32.4 Å². The standard InChI is InChI=1S/2C18H15N5O3.C16H15N5O2.C5H8O3.CH3ClO2S/c2*1-11-5-6-12(17-21-16(10-24)26-22-17)8-13(11)20-18(25)14-9-19-15-4-2-3-7-23(14)15;1-10-5-6-11(15(17)20-23)8-12(10)19-16(22)13-9-18-14-4-2-3-7-21(13)14;1-4(6)3-8-5(2)7;1-5(2,3)4/h2*2-9,24H,10H2,1H3,(H,20,25);2-9,23H,1H3,(H2,17,20)(H,19,22);3H2,1-2H3;1H3. The van der Waals surface area contributed by atoms with Crippen LogP contribution in [0.3, 0.4) is 0 Å². The number of carbonyl (C=O) groups is 5. The minimum atomic E-state index is -3.19. The predicted molar refractivity (Wildman–Crippen MR) is 322 cm³/mol. The third kappa shape index (κ3) is 17.5. The lowest BCUT2D eigenvalue weighted by Crippen LogP contribution is -2.17. The largest absolute Gasteiger partial charge is 0.458 e.